The van der Waals surface area contributed by atoms with E-state index >= 15 is 0 Å². The lowest BCUT2D eigenvalue weighted by Gasteiger charge is -2.47. The zero-order valence-corrected chi connectivity index (χ0v) is 14.8. The zero-order chi connectivity index (χ0) is 17.3. The van der Waals surface area contributed by atoms with E-state index in [1.54, 1.807) is 7.11 Å². The van der Waals surface area contributed by atoms with Crippen molar-refractivity contribution in [2.75, 3.05) is 46.5 Å². The molecule has 6 nitrogen and oxygen atoms in total. The van der Waals surface area contributed by atoms with Gasteiger partial charge in [-0.25, -0.2) is 0 Å². The fourth-order valence-corrected chi connectivity index (χ4v) is 4.12. The average molecular weight is 346 g/mol. The topological polar surface area (TPSA) is 51.2 Å². The molecule has 0 aromatic heterocycles. The van der Waals surface area contributed by atoms with Crippen LogP contribution in [0.3, 0.4) is 0 Å². The van der Waals surface area contributed by atoms with Crippen LogP contribution in [0, 0.1) is 0 Å². The highest BCUT2D eigenvalue weighted by Crippen LogP contribution is 2.37. The first-order chi connectivity index (χ1) is 12.2. The highest BCUT2D eigenvalue weighted by atomic mass is 16.5. The summed E-state index contributed by atoms with van der Waals surface area (Å²) in [4.78, 5) is 16.7. The van der Waals surface area contributed by atoms with E-state index < -0.39 is 0 Å². The minimum absolute atomic E-state index is 0.0228. The third-order valence-electron chi connectivity index (χ3n) is 5.58. The Kier molecular flexibility index (Phi) is 4.56. The van der Waals surface area contributed by atoms with E-state index in [2.05, 4.69) is 4.90 Å². The molecule has 1 aromatic carbocycles. The van der Waals surface area contributed by atoms with E-state index in [1.165, 1.54) is 25.9 Å². The number of hydrogen-bond donors (Lipinski definition) is 0. The molecule has 1 spiro atoms. The number of benzene rings is 1. The zero-order valence-electron chi connectivity index (χ0n) is 14.8. The SMILES string of the molecule is COc1ccc(OCC(=O)N2CC3(CC(N4CCCC4)CO3)C2)cc1. The summed E-state index contributed by atoms with van der Waals surface area (Å²) in [6, 6.07) is 7.80. The summed E-state index contributed by atoms with van der Waals surface area (Å²) in [7, 11) is 1.62. The Hall–Kier alpha value is -1.79. The molecular weight excluding hydrogens is 320 g/mol. The van der Waals surface area contributed by atoms with Gasteiger partial charge in [0, 0.05) is 6.04 Å². The van der Waals surface area contributed by atoms with Crippen molar-refractivity contribution in [3.8, 4) is 11.5 Å². The van der Waals surface area contributed by atoms with Gasteiger partial charge in [0.05, 0.1) is 26.8 Å². The van der Waals surface area contributed by atoms with Crippen LogP contribution >= 0.6 is 0 Å². The quantitative estimate of drug-likeness (QED) is 0.809. The second kappa shape index (κ2) is 6.84. The molecule has 0 bridgehead atoms. The molecule has 0 aliphatic carbocycles. The van der Waals surface area contributed by atoms with Gasteiger partial charge in [-0.1, -0.05) is 0 Å². The molecule has 1 amide bonds. The van der Waals surface area contributed by atoms with Gasteiger partial charge < -0.3 is 19.1 Å². The smallest absolute Gasteiger partial charge is 0.260 e. The Labute approximate surface area is 148 Å². The van der Waals surface area contributed by atoms with Crippen molar-refractivity contribution in [3.63, 3.8) is 0 Å². The maximum atomic E-state index is 12.3. The number of hydrogen-bond acceptors (Lipinski definition) is 5. The molecule has 136 valence electrons. The Morgan fingerprint density at radius 3 is 2.56 bits per heavy atom. The van der Waals surface area contributed by atoms with Gasteiger partial charge in [-0.2, -0.15) is 0 Å². The Morgan fingerprint density at radius 2 is 1.88 bits per heavy atom. The number of nitrogens with zero attached hydrogens (tertiary/aromatic N) is 2. The summed E-state index contributed by atoms with van der Waals surface area (Å²) in [6.45, 7) is 4.66. The number of methoxy groups -OCH3 is 1. The molecule has 4 rings (SSSR count). The maximum absolute atomic E-state index is 12.3. The van der Waals surface area contributed by atoms with Crippen LogP contribution in [-0.2, 0) is 9.53 Å². The van der Waals surface area contributed by atoms with E-state index in [1.807, 2.05) is 29.2 Å². The Bertz CT molecular complexity index is 606. The number of ether oxygens (including phenoxy) is 3. The van der Waals surface area contributed by atoms with Crippen LogP contribution in [0.25, 0.3) is 0 Å². The molecular formula is C19H26N2O4. The van der Waals surface area contributed by atoms with E-state index in [-0.39, 0.29) is 18.1 Å². The number of rotatable bonds is 5. The summed E-state index contributed by atoms with van der Waals surface area (Å²) >= 11 is 0. The van der Waals surface area contributed by atoms with Crippen molar-refractivity contribution in [1.29, 1.82) is 0 Å². The fourth-order valence-electron chi connectivity index (χ4n) is 4.12. The van der Waals surface area contributed by atoms with E-state index in [0.29, 0.717) is 24.9 Å². The molecule has 6 heteroatoms. The minimum Gasteiger partial charge on any atom is -0.497 e. The van der Waals surface area contributed by atoms with E-state index in [0.717, 1.165) is 18.8 Å². The third kappa shape index (κ3) is 3.46. The Balaban J connectivity index is 1.22. The molecule has 25 heavy (non-hydrogen) atoms. The average Bonchev–Trinajstić information content (AvgIpc) is 3.28. The van der Waals surface area contributed by atoms with Crippen LogP contribution < -0.4 is 9.47 Å². The first-order valence-electron chi connectivity index (χ1n) is 9.10. The summed E-state index contributed by atoms with van der Waals surface area (Å²) in [5, 5.41) is 0. The molecule has 1 aromatic rings. The van der Waals surface area contributed by atoms with Crippen LogP contribution in [0.4, 0.5) is 0 Å². The van der Waals surface area contributed by atoms with Crippen LogP contribution in [0.15, 0.2) is 24.3 Å². The second-order valence-electron chi connectivity index (χ2n) is 7.31. The molecule has 0 saturated carbocycles. The van der Waals surface area contributed by atoms with Crippen molar-refractivity contribution < 1.29 is 19.0 Å². The van der Waals surface area contributed by atoms with Gasteiger partial charge in [0.15, 0.2) is 6.61 Å². The monoisotopic (exact) mass is 346 g/mol. The lowest BCUT2D eigenvalue weighted by atomic mass is 9.89. The highest BCUT2D eigenvalue weighted by Gasteiger charge is 2.52. The molecule has 1 atom stereocenters. The van der Waals surface area contributed by atoms with Crippen LogP contribution in [0.5, 0.6) is 11.5 Å². The molecule has 0 radical (unpaired) electrons. The van der Waals surface area contributed by atoms with Crippen LogP contribution in [0.1, 0.15) is 19.3 Å². The summed E-state index contributed by atoms with van der Waals surface area (Å²) in [5.74, 6) is 1.47. The molecule has 3 heterocycles. The van der Waals surface area contributed by atoms with Gasteiger partial charge in [0.2, 0.25) is 0 Å². The molecule has 3 fully saturated rings. The molecule has 3 aliphatic heterocycles. The lowest BCUT2D eigenvalue weighted by Crippen LogP contribution is -2.64. The van der Waals surface area contributed by atoms with Gasteiger partial charge in [0.1, 0.15) is 17.1 Å². The number of amides is 1. The summed E-state index contributed by atoms with van der Waals surface area (Å²) < 4.78 is 16.8. The fraction of sp³-hybridized carbons (Fsp3) is 0.632. The first kappa shape index (κ1) is 16.7. The summed E-state index contributed by atoms with van der Waals surface area (Å²) in [5.41, 5.74) is -0.108. The van der Waals surface area contributed by atoms with Crippen molar-refractivity contribution in [2.24, 2.45) is 0 Å². The van der Waals surface area contributed by atoms with Crippen LogP contribution in [-0.4, -0.2) is 73.9 Å². The molecule has 3 aliphatic rings. The number of carbonyl (C=O) groups excluding carboxylic acids is 1. The molecule has 1 unspecified atom stereocenters. The highest BCUT2D eigenvalue weighted by molar-refractivity contribution is 5.79. The van der Waals surface area contributed by atoms with Crippen molar-refractivity contribution >= 4 is 5.91 Å². The van der Waals surface area contributed by atoms with E-state index in [4.69, 9.17) is 14.2 Å². The van der Waals surface area contributed by atoms with Gasteiger partial charge in [-0.15, -0.1) is 0 Å². The standard InChI is InChI=1S/C19H26N2O4/c1-23-16-4-6-17(7-5-16)24-12-18(22)21-13-19(14-21)10-15(11-25-19)20-8-2-3-9-20/h4-7,15H,2-3,8-14H2,1H3. The Morgan fingerprint density at radius 1 is 1.20 bits per heavy atom. The van der Waals surface area contributed by atoms with Gasteiger partial charge in [0.25, 0.3) is 5.91 Å². The number of likely N-dealkylation sites (tertiary alicyclic amines) is 2. The van der Waals surface area contributed by atoms with Gasteiger partial charge >= 0.3 is 0 Å². The van der Waals surface area contributed by atoms with Crippen molar-refractivity contribution in [2.45, 2.75) is 30.9 Å². The number of carbonyl (C=O) groups is 1. The predicted molar refractivity (Wildman–Crippen MR) is 93.0 cm³/mol. The predicted octanol–water partition coefficient (Wildman–Crippen LogP) is 1.54. The van der Waals surface area contributed by atoms with Crippen LogP contribution in [0.2, 0.25) is 0 Å². The van der Waals surface area contributed by atoms with Crippen molar-refractivity contribution in [1.82, 2.24) is 9.80 Å². The third-order valence-corrected chi connectivity index (χ3v) is 5.58. The van der Waals surface area contributed by atoms with Gasteiger partial charge in [-0.3, -0.25) is 9.69 Å². The normalized spacial score (nSPS) is 25.2. The van der Waals surface area contributed by atoms with E-state index in [9.17, 15) is 4.79 Å². The second-order valence-corrected chi connectivity index (χ2v) is 7.31. The maximum Gasteiger partial charge on any atom is 0.260 e. The largest absolute Gasteiger partial charge is 0.497 e. The first-order valence-corrected chi connectivity index (χ1v) is 9.10. The lowest BCUT2D eigenvalue weighted by molar-refractivity contribution is -0.159. The van der Waals surface area contributed by atoms with Crippen molar-refractivity contribution in [3.05, 3.63) is 24.3 Å². The molecule has 0 N–H and O–H groups in total. The minimum atomic E-state index is -0.108. The molecule has 3 saturated heterocycles. The van der Waals surface area contributed by atoms with Gasteiger partial charge in [-0.05, 0) is 56.6 Å². The summed E-state index contributed by atoms with van der Waals surface area (Å²) in [6.07, 6.45) is 3.66.